The SMILES string of the molecule is CC(NC(=O)O)c1ccc(CN2CCN(C)C(C)C2)cc1. The summed E-state index contributed by atoms with van der Waals surface area (Å²) in [5.74, 6) is 0. The molecule has 1 aromatic rings. The quantitative estimate of drug-likeness (QED) is 0.892. The number of benzene rings is 1. The average Bonchev–Trinajstić information content (AvgIpc) is 2.43. The fraction of sp³-hybridized carbons (Fsp3) is 0.562. The Balaban J connectivity index is 1.92. The van der Waals surface area contributed by atoms with E-state index in [9.17, 15) is 4.79 Å². The maximum Gasteiger partial charge on any atom is 0.405 e. The van der Waals surface area contributed by atoms with Gasteiger partial charge in [0.15, 0.2) is 0 Å². The molecule has 116 valence electrons. The molecule has 1 aliphatic heterocycles. The zero-order chi connectivity index (χ0) is 15.4. The molecule has 1 fully saturated rings. The first kappa shape index (κ1) is 15.8. The van der Waals surface area contributed by atoms with Crippen LogP contribution in [0.25, 0.3) is 0 Å². The maximum absolute atomic E-state index is 10.6. The third kappa shape index (κ3) is 4.44. The third-order valence-corrected chi connectivity index (χ3v) is 4.27. The number of carbonyl (C=O) groups is 1. The highest BCUT2D eigenvalue weighted by Crippen LogP contribution is 2.16. The molecule has 5 nitrogen and oxygen atoms in total. The summed E-state index contributed by atoms with van der Waals surface area (Å²) in [6.07, 6.45) is -0.988. The van der Waals surface area contributed by atoms with E-state index in [-0.39, 0.29) is 6.04 Å². The van der Waals surface area contributed by atoms with Crippen molar-refractivity contribution in [1.82, 2.24) is 15.1 Å². The molecule has 0 saturated carbocycles. The summed E-state index contributed by atoms with van der Waals surface area (Å²) in [6, 6.07) is 8.62. The number of hydrogen-bond acceptors (Lipinski definition) is 3. The highest BCUT2D eigenvalue weighted by molar-refractivity contribution is 5.65. The lowest BCUT2D eigenvalue weighted by atomic mass is 10.1. The number of likely N-dealkylation sites (N-methyl/N-ethyl adjacent to an activating group) is 1. The van der Waals surface area contributed by atoms with Crippen LogP contribution < -0.4 is 5.32 Å². The number of amides is 1. The molecule has 0 spiro atoms. The van der Waals surface area contributed by atoms with Crippen LogP contribution in [0.3, 0.4) is 0 Å². The normalized spacial score (nSPS) is 22.0. The van der Waals surface area contributed by atoms with E-state index < -0.39 is 6.09 Å². The molecule has 2 unspecified atom stereocenters. The molecule has 0 bridgehead atoms. The minimum absolute atomic E-state index is 0.180. The van der Waals surface area contributed by atoms with Crippen molar-refractivity contribution in [2.75, 3.05) is 26.7 Å². The number of nitrogens with zero attached hydrogens (tertiary/aromatic N) is 2. The Bertz CT molecular complexity index is 475. The zero-order valence-corrected chi connectivity index (χ0v) is 13.0. The molecule has 1 amide bonds. The molecule has 1 aromatic carbocycles. The van der Waals surface area contributed by atoms with Gasteiger partial charge in [-0.05, 0) is 32.0 Å². The van der Waals surface area contributed by atoms with Crippen molar-refractivity contribution in [2.45, 2.75) is 32.5 Å². The molecule has 1 saturated heterocycles. The lowest BCUT2D eigenvalue weighted by Gasteiger charge is -2.37. The van der Waals surface area contributed by atoms with E-state index >= 15 is 0 Å². The summed E-state index contributed by atoms with van der Waals surface area (Å²) in [5, 5.41) is 11.2. The van der Waals surface area contributed by atoms with E-state index in [2.05, 4.69) is 41.2 Å². The summed E-state index contributed by atoms with van der Waals surface area (Å²) in [5.41, 5.74) is 2.27. The molecule has 1 heterocycles. The van der Waals surface area contributed by atoms with Crippen molar-refractivity contribution in [1.29, 1.82) is 0 Å². The first-order valence-corrected chi connectivity index (χ1v) is 7.46. The molecule has 5 heteroatoms. The van der Waals surface area contributed by atoms with Gasteiger partial charge in [-0.3, -0.25) is 4.90 Å². The standard InChI is InChI=1S/C16H25N3O2/c1-12-10-19(9-8-18(12)3)11-14-4-6-15(7-5-14)13(2)17-16(20)21/h4-7,12-13,17H,8-11H2,1-3H3,(H,20,21). The highest BCUT2D eigenvalue weighted by atomic mass is 16.4. The average molecular weight is 291 g/mol. The van der Waals surface area contributed by atoms with Gasteiger partial charge in [0, 0.05) is 32.2 Å². The van der Waals surface area contributed by atoms with Crippen molar-refractivity contribution in [3.8, 4) is 0 Å². The zero-order valence-electron chi connectivity index (χ0n) is 13.0. The van der Waals surface area contributed by atoms with Crippen molar-refractivity contribution in [3.05, 3.63) is 35.4 Å². The minimum atomic E-state index is -0.988. The van der Waals surface area contributed by atoms with Crippen LogP contribution in [0.5, 0.6) is 0 Å². The van der Waals surface area contributed by atoms with Crippen LogP contribution in [0.4, 0.5) is 4.79 Å². The van der Waals surface area contributed by atoms with Crippen LogP contribution in [0.1, 0.15) is 31.0 Å². The van der Waals surface area contributed by atoms with E-state index in [1.54, 1.807) is 0 Å². The van der Waals surface area contributed by atoms with Gasteiger partial charge in [0.05, 0.1) is 6.04 Å². The van der Waals surface area contributed by atoms with Crippen LogP contribution in [0.15, 0.2) is 24.3 Å². The van der Waals surface area contributed by atoms with Gasteiger partial charge >= 0.3 is 6.09 Å². The summed E-state index contributed by atoms with van der Waals surface area (Å²) in [6.45, 7) is 8.37. The van der Waals surface area contributed by atoms with Gasteiger partial charge in [0.1, 0.15) is 0 Å². The van der Waals surface area contributed by atoms with Crippen LogP contribution in [0, 0.1) is 0 Å². The Hall–Kier alpha value is -1.59. The second kappa shape index (κ2) is 6.91. The van der Waals surface area contributed by atoms with E-state index in [1.807, 2.05) is 19.1 Å². The molecule has 0 radical (unpaired) electrons. The second-order valence-electron chi connectivity index (χ2n) is 5.98. The van der Waals surface area contributed by atoms with Crippen LogP contribution in [-0.2, 0) is 6.54 Å². The number of rotatable bonds is 4. The van der Waals surface area contributed by atoms with E-state index in [1.165, 1.54) is 5.56 Å². The van der Waals surface area contributed by atoms with Crippen LogP contribution in [-0.4, -0.2) is 53.7 Å². The van der Waals surface area contributed by atoms with Gasteiger partial charge in [0.2, 0.25) is 0 Å². The predicted molar refractivity (Wildman–Crippen MR) is 83.4 cm³/mol. The van der Waals surface area contributed by atoms with Crippen molar-refractivity contribution >= 4 is 6.09 Å². The molecule has 21 heavy (non-hydrogen) atoms. The summed E-state index contributed by atoms with van der Waals surface area (Å²) in [7, 11) is 2.17. The fourth-order valence-corrected chi connectivity index (χ4v) is 2.71. The minimum Gasteiger partial charge on any atom is -0.465 e. The number of nitrogens with one attached hydrogen (secondary N) is 1. The Kier molecular flexibility index (Phi) is 5.20. The number of carboxylic acid groups (broad SMARTS) is 1. The van der Waals surface area contributed by atoms with Gasteiger partial charge < -0.3 is 15.3 Å². The number of hydrogen-bond donors (Lipinski definition) is 2. The number of piperazine rings is 1. The highest BCUT2D eigenvalue weighted by Gasteiger charge is 2.20. The van der Waals surface area contributed by atoms with E-state index in [4.69, 9.17) is 5.11 Å². The first-order chi connectivity index (χ1) is 9.95. The monoisotopic (exact) mass is 291 g/mol. The molecule has 2 atom stereocenters. The lowest BCUT2D eigenvalue weighted by molar-refractivity contribution is 0.1000. The fourth-order valence-electron chi connectivity index (χ4n) is 2.71. The largest absolute Gasteiger partial charge is 0.465 e. The molecule has 2 rings (SSSR count). The molecule has 2 N–H and O–H groups in total. The first-order valence-electron chi connectivity index (χ1n) is 7.46. The van der Waals surface area contributed by atoms with Crippen LogP contribution in [0.2, 0.25) is 0 Å². The summed E-state index contributed by atoms with van der Waals surface area (Å²) < 4.78 is 0. The Morgan fingerprint density at radius 1 is 1.38 bits per heavy atom. The van der Waals surface area contributed by atoms with Gasteiger partial charge in [-0.25, -0.2) is 4.79 Å². The van der Waals surface area contributed by atoms with Crippen molar-refractivity contribution in [3.63, 3.8) is 0 Å². The predicted octanol–water partition coefficient (Wildman–Crippen LogP) is 2.15. The van der Waals surface area contributed by atoms with Crippen molar-refractivity contribution in [2.24, 2.45) is 0 Å². The van der Waals surface area contributed by atoms with Gasteiger partial charge in [-0.1, -0.05) is 24.3 Å². The van der Waals surface area contributed by atoms with Gasteiger partial charge in [0.25, 0.3) is 0 Å². The topological polar surface area (TPSA) is 55.8 Å². The van der Waals surface area contributed by atoms with Gasteiger partial charge in [-0.2, -0.15) is 0 Å². The Labute approximate surface area is 126 Å². The summed E-state index contributed by atoms with van der Waals surface area (Å²) in [4.78, 5) is 15.5. The van der Waals surface area contributed by atoms with Crippen LogP contribution >= 0.6 is 0 Å². The molecular formula is C16H25N3O2. The van der Waals surface area contributed by atoms with E-state index in [0.29, 0.717) is 6.04 Å². The smallest absolute Gasteiger partial charge is 0.405 e. The van der Waals surface area contributed by atoms with Gasteiger partial charge in [-0.15, -0.1) is 0 Å². The Morgan fingerprint density at radius 2 is 2.05 bits per heavy atom. The molecule has 1 aliphatic rings. The lowest BCUT2D eigenvalue weighted by Crippen LogP contribution is -2.49. The van der Waals surface area contributed by atoms with Crippen molar-refractivity contribution < 1.29 is 9.90 Å². The Morgan fingerprint density at radius 3 is 2.62 bits per heavy atom. The van der Waals surface area contributed by atoms with E-state index in [0.717, 1.165) is 31.7 Å². The second-order valence-corrected chi connectivity index (χ2v) is 5.98. The molecular weight excluding hydrogens is 266 g/mol. The third-order valence-electron chi connectivity index (χ3n) is 4.27. The molecule has 0 aromatic heterocycles. The maximum atomic E-state index is 10.6. The summed E-state index contributed by atoms with van der Waals surface area (Å²) >= 11 is 0. The molecule has 0 aliphatic carbocycles.